The average molecular weight is 187 g/mol. The number of benzene rings is 1. The third-order valence-electron chi connectivity index (χ3n) is 2.74. The molecule has 2 aromatic rings. The van der Waals surface area contributed by atoms with Gasteiger partial charge in [0.15, 0.2) is 0 Å². The van der Waals surface area contributed by atoms with Gasteiger partial charge in [0.2, 0.25) is 0 Å². The molecule has 14 heavy (non-hydrogen) atoms. The highest BCUT2D eigenvalue weighted by molar-refractivity contribution is 5.86. The van der Waals surface area contributed by atoms with Crippen LogP contribution in [0.15, 0.2) is 24.4 Å². The van der Waals surface area contributed by atoms with Crippen LogP contribution in [-0.2, 0) is 5.41 Å². The van der Waals surface area contributed by atoms with Crippen molar-refractivity contribution in [2.24, 2.45) is 0 Å². The first-order chi connectivity index (χ1) is 6.50. The Hall–Kier alpha value is -1.24. The molecule has 1 aromatic heterocycles. The molecule has 0 unspecified atom stereocenters. The van der Waals surface area contributed by atoms with Crippen LogP contribution < -0.4 is 0 Å². The number of rotatable bonds is 0. The zero-order valence-electron chi connectivity index (χ0n) is 9.31. The number of hydrogen-bond donors (Lipinski definition) is 1. The number of aromatic amines is 1. The van der Waals surface area contributed by atoms with Crippen LogP contribution in [0.25, 0.3) is 10.9 Å². The molecule has 1 heteroatoms. The average Bonchev–Trinajstić information content (AvgIpc) is 2.50. The maximum atomic E-state index is 3.30. The minimum Gasteiger partial charge on any atom is -0.361 e. The Bertz CT molecular complexity index is 458. The molecule has 0 saturated carbocycles. The van der Waals surface area contributed by atoms with Gasteiger partial charge in [0.05, 0.1) is 0 Å². The molecule has 0 bridgehead atoms. The molecule has 0 saturated heterocycles. The molecule has 0 amide bonds. The summed E-state index contributed by atoms with van der Waals surface area (Å²) in [5.74, 6) is 0. The number of hydrogen-bond acceptors (Lipinski definition) is 0. The van der Waals surface area contributed by atoms with Gasteiger partial charge >= 0.3 is 0 Å². The SMILES string of the molecule is Cc1ccc(C(C)(C)C)c2cc[nH]c12. The lowest BCUT2D eigenvalue weighted by atomic mass is 9.84. The molecule has 1 nitrogen and oxygen atoms in total. The number of H-pyrrole nitrogens is 1. The number of aromatic nitrogens is 1. The molecule has 0 radical (unpaired) electrons. The van der Waals surface area contributed by atoms with E-state index in [1.807, 2.05) is 6.20 Å². The van der Waals surface area contributed by atoms with Crippen molar-refractivity contribution in [1.82, 2.24) is 4.98 Å². The van der Waals surface area contributed by atoms with Crippen LogP contribution in [0.5, 0.6) is 0 Å². The zero-order chi connectivity index (χ0) is 10.3. The largest absolute Gasteiger partial charge is 0.361 e. The Morgan fingerprint density at radius 2 is 1.79 bits per heavy atom. The summed E-state index contributed by atoms with van der Waals surface area (Å²) in [7, 11) is 0. The second-order valence-corrected chi connectivity index (χ2v) is 4.95. The monoisotopic (exact) mass is 187 g/mol. The van der Waals surface area contributed by atoms with Gasteiger partial charge in [-0.25, -0.2) is 0 Å². The molecule has 0 aliphatic carbocycles. The summed E-state index contributed by atoms with van der Waals surface area (Å²) in [6.07, 6.45) is 2.02. The maximum Gasteiger partial charge on any atom is 0.0486 e. The topological polar surface area (TPSA) is 15.8 Å². The lowest BCUT2D eigenvalue weighted by Gasteiger charge is -2.20. The van der Waals surface area contributed by atoms with Crippen LogP contribution >= 0.6 is 0 Å². The van der Waals surface area contributed by atoms with E-state index >= 15 is 0 Å². The number of aryl methyl sites for hydroxylation is 1. The predicted molar refractivity (Wildman–Crippen MR) is 61.7 cm³/mol. The van der Waals surface area contributed by atoms with E-state index in [-0.39, 0.29) is 5.41 Å². The van der Waals surface area contributed by atoms with Gasteiger partial charge in [-0.1, -0.05) is 32.9 Å². The molecule has 0 aliphatic rings. The van der Waals surface area contributed by atoms with Gasteiger partial charge in [0.25, 0.3) is 0 Å². The first kappa shape index (κ1) is 9.32. The molecular formula is C13H17N. The fourth-order valence-electron chi connectivity index (χ4n) is 1.96. The van der Waals surface area contributed by atoms with Crippen molar-refractivity contribution in [2.75, 3.05) is 0 Å². The normalized spacial score (nSPS) is 12.3. The van der Waals surface area contributed by atoms with Crippen molar-refractivity contribution in [3.8, 4) is 0 Å². The summed E-state index contributed by atoms with van der Waals surface area (Å²) in [5, 5.41) is 1.36. The van der Waals surface area contributed by atoms with E-state index in [0.29, 0.717) is 0 Å². The Morgan fingerprint density at radius 3 is 2.43 bits per heavy atom. The lowest BCUT2D eigenvalue weighted by molar-refractivity contribution is 0.596. The first-order valence-electron chi connectivity index (χ1n) is 5.07. The van der Waals surface area contributed by atoms with E-state index in [9.17, 15) is 0 Å². The van der Waals surface area contributed by atoms with Gasteiger partial charge in [0.1, 0.15) is 0 Å². The van der Waals surface area contributed by atoms with Crippen molar-refractivity contribution in [3.63, 3.8) is 0 Å². The third kappa shape index (κ3) is 1.33. The summed E-state index contributed by atoms with van der Waals surface area (Å²) in [6, 6.07) is 6.60. The van der Waals surface area contributed by atoms with Gasteiger partial charge in [0, 0.05) is 17.1 Å². The highest BCUT2D eigenvalue weighted by Gasteiger charge is 2.17. The minimum atomic E-state index is 0.216. The molecule has 0 atom stereocenters. The predicted octanol–water partition coefficient (Wildman–Crippen LogP) is 3.77. The summed E-state index contributed by atoms with van der Waals surface area (Å²) in [5.41, 5.74) is 4.23. The Kier molecular flexibility index (Phi) is 1.91. The fraction of sp³-hybridized carbons (Fsp3) is 0.385. The molecule has 0 spiro atoms. The maximum absolute atomic E-state index is 3.30. The summed E-state index contributed by atoms with van der Waals surface area (Å²) < 4.78 is 0. The quantitative estimate of drug-likeness (QED) is 0.646. The van der Waals surface area contributed by atoms with E-state index in [1.165, 1.54) is 22.0 Å². The molecule has 2 rings (SSSR count). The van der Waals surface area contributed by atoms with E-state index in [0.717, 1.165) is 0 Å². The molecule has 0 aliphatic heterocycles. The van der Waals surface area contributed by atoms with Gasteiger partial charge < -0.3 is 4.98 Å². The van der Waals surface area contributed by atoms with Crippen LogP contribution in [0.1, 0.15) is 31.9 Å². The molecule has 74 valence electrons. The first-order valence-corrected chi connectivity index (χ1v) is 5.07. The second-order valence-electron chi connectivity index (χ2n) is 4.95. The van der Waals surface area contributed by atoms with Crippen LogP contribution in [-0.4, -0.2) is 4.98 Å². The molecule has 1 aromatic carbocycles. The number of fused-ring (bicyclic) bond motifs is 1. The Balaban J connectivity index is 2.80. The van der Waals surface area contributed by atoms with Gasteiger partial charge in [-0.2, -0.15) is 0 Å². The van der Waals surface area contributed by atoms with Crippen molar-refractivity contribution in [2.45, 2.75) is 33.1 Å². The molecule has 0 fully saturated rings. The minimum absolute atomic E-state index is 0.216. The van der Waals surface area contributed by atoms with E-state index < -0.39 is 0 Å². The molecule has 1 heterocycles. The second kappa shape index (κ2) is 2.88. The molecular weight excluding hydrogens is 170 g/mol. The zero-order valence-corrected chi connectivity index (χ0v) is 9.31. The van der Waals surface area contributed by atoms with Crippen LogP contribution in [0.4, 0.5) is 0 Å². The Morgan fingerprint density at radius 1 is 1.07 bits per heavy atom. The summed E-state index contributed by atoms with van der Waals surface area (Å²) in [6.45, 7) is 8.91. The smallest absolute Gasteiger partial charge is 0.0486 e. The highest BCUT2D eigenvalue weighted by Crippen LogP contribution is 2.30. The van der Waals surface area contributed by atoms with Gasteiger partial charge in [-0.3, -0.25) is 0 Å². The van der Waals surface area contributed by atoms with E-state index in [2.05, 4.69) is 50.9 Å². The van der Waals surface area contributed by atoms with Crippen molar-refractivity contribution in [3.05, 3.63) is 35.5 Å². The van der Waals surface area contributed by atoms with E-state index in [1.54, 1.807) is 0 Å². The lowest BCUT2D eigenvalue weighted by Crippen LogP contribution is -2.11. The number of nitrogens with one attached hydrogen (secondary N) is 1. The van der Waals surface area contributed by atoms with Gasteiger partial charge in [-0.05, 0) is 29.5 Å². The summed E-state index contributed by atoms with van der Waals surface area (Å²) in [4.78, 5) is 3.30. The summed E-state index contributed by atoms with van der Waals surface area (Å²) >= 11 is 0. The van der Waals surface area contributed by atoms with E-state index in [4.69, 9.17) is 0 Å². The Labute approximate surface area is 85.1 Å². The third-order valence-corrected chi connectivity index (χ3v) is 2.74. The van der Waals surface area contributed by atoms with Crippen molar-refractivity contribution < 1.29 is 0 Å². The van der Waals surface area contributed by atoms with Crippen molar-refractivity contribution >= 4 is 10.9 Å². The van der Waals surface area contributed by atoms with Gasteiger partial charge in [-0.15, -0.1) is 0 Å². The van der Waals surface area contributed by atoms with Crippen LogP contribution in [0.3, 0.4) is 0 Å². The fourth-order valence-corrected chi connectivity index (χ4v) is 1.96. The standard InChI is InChI=1S/C13H17N/c1-9-5-6-11(13(2,3)4)10-7-8-14-12(9)10/h5-8,14H,1-4H3. The molecule has 1 N–H and O–H groups in total. The van der Waals surface area contributed by atoms with Crippen LogP contribution in [0, 0.1) is 6.92 Å². The van der Waals surface area contributed by atoms with Crippen LogP contribution in [0.2, 0.25) is 0 Å². The highest BCUT2D eigenvalue weighted by atomic mass is 14.7. The van der Waals surface area contributed by atoms with Crippen molar-refractivity contribution in [1.29, 1.82) is 0 Å².